The van der Waals surface area contributed by atoms with E-state index < -0.39 is 25.7 Å². The number of hydrogen-bond donors (Lipinski definition) is 0. The molecule has 3 aromatic rings. The van der Waals surface area contributed by atoms with Crippen molar-refractivity contribution in [3.8, 4) is 17.2 Å². The number of carbonyl (C=O) groups is 1. The Hall–Kier alpha value is -3.18. The average molecular weight is 443 g/mol. The van der Waals surface area contributed by atoms with Crippen molar-refractivity contribution in [2.24, 2.45) is 0 Å². The van der Waals surface area contributed by atoms with Crippen LogP contribution in [0.25, 0.3) is 5.65 Å². The lowest BCUT2D eigenvalue weighted by Crippen LogP contribution is -2.16. The van der Waals surface area contributed by atoms with Crippen molar-refractivity contribution < 1.29 is 23.0 Å². The van der Waals surface area contributed by atoms with E-state index in [4.69, 9.17) is 9.47 Å². The highest BCUT2D eigenvalue weighted by atomic mass is 28.3. The fourth-order valence-corrected chi connectivity index (χ4v) is 3.45. The van der Waals surface area contributed by atoms with Gasteiger partial charge in [-0.2, -0.15) is 0 Å². The molecule has 31 heavy (non-hydrogen) atoms. The Morgan fingerprint density at radius 2 is 1.90 bits per heavy atom. The van der Waals surface area contributed by atoms with Crippen molar-refractivity contribution in [2.45, 2.75) is 40.1 Å². The molecule has 0 spiro atoms. The van der Waals surface area contributed by atoms with Gasteiger partial charge in [0.05, 0.1) is 17.9 Å². The van der Waals surface area contributed by atoms with Gasteiger partial charge in [0.25, 0.3) is 0 Å². The summed E-state index contributed by atoms with van der Waals surface area (Å²) in [5, 5.41) is 0. The number of hydrogen-bond acceptors (Lipinski definition) is 4. The number of nitrogens with zero attached hydrogens (tertiary/aromatic N) is 2. The number of ether oxygens (including phenoxy) is 2. The molecule has 2 aromatic heterocycles. The Morgan fingerprint density at radius 1 is 1.23 bits per heavy atom. The third kappa shape index (κ3) is 5.12. The molecule has 0 amide bonds. The minimum atomic E-state index is -1.67. The third-order valence-electron chi connectivity index (χ3n) is 4.34. The van der Waals surface area contributed by atoms with Crippen molar-refractivity contribution in [1.29, 1.82) is 0 Å². The average Bonchev–Trinajstić information content (AvgIpc) is 3.01. The molecule has 0 fully saturated rings. The van der Waals surface area contributed by atoms with Crippen LogP contribution in [0.2, 0.25) is 19.6 Å². The van der Waals surface area contributed by atoms with E-state index in [0.29, 0.717) is 16.9 Å². The van der Waals surface area contributed by atoms with Crippen LogP contribution in [-0.2, 0) is 11.3 Å². The number of benzene rings is 1. The summed E-state index contributed by atoms with van der Waals surface area (Å²) in [5.41, 5.74) is 4.74. The number of halogens is 2. The molecule has 0 atom stereocenters. The highest BCUT2D eigenvalue weighted by Crippen LogP contribution is 2.26. The zero-order valence-electron chi connectivity index (χ0n) is 18.2. The first-order chi connectivity index (χ1) is 14.6. The lowest BCUT2D eigenvalue weighted by atomic mass is 10.2. The van der Waals surface area contributed by atoms with Gasteiger partial charge in [0.2, 0.25) is 0 Å². The maximum atomic E-state index is 14.0. The third-order valence-corrected chi connectivity index (χ3v) is 5.22. The molecule has 8 heteroatoms. The molecule has 0 saturated carbocycles. The van der Waals surface area contributed by atoms with E-state index >= 15 is 0 Å². The van der Waals surface area contributed by atoms with Crippen LogP contribution in [0.15, 0.2) is 30.5 Å². The van der Waals surface area contributed by atoms with E-state index in [9.17, 15) is 13.6 Å². The van der Waals surface area contributed by atoms with Crippen LogP contribution >= 0.6 is 0 Å². The van der Waals surface area contributed by atoms with Gasteiger partial charge in [0.15, 0.2) is 17.1 Å². The molecule has 3 rings (SSSR count). The fraction of sp³-hybridized carbons (Fsp3) is 0.304. The molecule has 0 saturated heterocycles. The molecule has 0 bridgehead atoms. The Kier molecular flexibility index (Phi) is 6.46. The molecule has 0 N–H and O–H groups in total. The number of rotatable bonds is 5. The summed E-state index contributed by atoms with van der Waals surface area (Å²) < 4.78 is 40.6. The molecular weight excluding hydrogens is 418 g/mol. The molecule has 5 nitrogen and oxygen atoms in total. The summed E-state index contributed by atoms with van der Waals surface area (Å²) in [5.74, 6) is 1.48. The maximum absolute atomic E-state index is 14.0. The molecule has 0 radical (unpaired) electrons. The van der Waals surface area contributed by atoms with Gasteiger partial charge in [-0.3, -0.25) is 4.40 Å². The van der Waals surface area contributed by atoms with Crippen LogP contribution in [-0.4, -0.2) is 30.0 Å². The van der Waals surface area contributed by atoms with Gasteiger partial charge >= 0.3 is 5.97 Å². The summed E-state index contributed by atoms with van der Waals surface area (Å²) in [6, 6.07) is 5.31. The number of aromatic nitrogens is 2. The lowest BCUT2D eigenvalue weighted by molar-refractivity contribution is 0.0517. The maximum Gasteiger partial charge on any atom is 0.357 e. The first-order valence-electron chi connectivity index (χ1n) is 9.89. The second-order valence-electron chi connectivity index (χ2n) is 8.04. The summed E-state index contributed by atoms with van der Waals surface area (Å²) in [4.78, 5) is 16.9. The molecule has 2 heterocycles. The molecule has 0 aliphatic heterocycles. The van der Waals surface area contributed by atoms with Crippen molar-refractivity contribution >= 4 is 19.7 Å². The van der Waals surface area contributed by atoms with Crippen LogP contribution in [0.5, 0.6) is 5.75 Å². The zero-order chi connectivity index (χ0) is 22.8. The zero-order valence-corrected chi connectivity index (χ0v) is 19.2. The minimum Gasteiger partial charge on any atom is -0.485 e. The monoisotopic (exact) mass is 442 g/mol. The predicted octanol–water partition coefficient (Wildman–Crippen LogP) is 4.91. The van der Waals surface area contributed by atoms with E-state index in [0.717, 1.165) is 0 Å². The number of esters is 1. The van der Waals surface area contributed by atoms with Crippen molar-refractivity contribution in [2.75, 3.05) is 6.61 Å². The first-order valence-corrected chi connectivity index (χ1v) is 13.4. The van der Waals surface area contributed by atoms with Gasteiger partial charge in [0.1, 0.15) is 26.3 Å². The Morgan fingerprint density at radius 3 is 2.52 bits per heavy atom. The standard InChI is InChI=1S/C23H24F2N2O3Si/c1-6-29-23(28)21-15(2)26-22-20(30-14-17-18(24)8-7-9-19(17)25)12-16(13-27(21)22)10-11-31(3,4)5/h7-9,12-13H,6,14H2,1-5H3. The summed E-state index contributed by atoms with van der Waals surface area (Å²) in [6.07, 6.45) is 1.70. The van der Waals surface area contributed by atoms with Gasteiger partial charge in [-0.05, 0) is 26.0 Å². The molecule has 0 unspecified atom stereocenters. The molecule has 0 aliphatic rings. The second kappa shape index (κ2) is 8.90. The number of pyridine rings is 1. The summed E-state index contributed by atoms with van der Waals surface area (Å²) in [7, 11) is -1.67. The van der Waals surface area contributed by atoms with Crippen molar-refractivity contribution in [3.63, 3.8) is 0 Å². The highest BCUT2D eigenvalue weighted by molar-refractivity contribution is 6.83. The van der Waals surface area contributed by atoms with Crippen LogP contribution in [0.1, 0.15) is 34.2 Å². The predicted molar refractivity (Wildman–Crippen MR) is 117 cm³/mol. The van der Waals surface area contributed by atoms with Crippen LogP contribution in [0, 0.1) is 30.0 Å². The van der Waals surface area contributed by atoms with Gasteiger partial charge in [-0.1, -0.05) is 31.6 Å². The number of imidazole rings is 1. The van der Waals surface area contributed by atoms with E-state index in [-0.39, 0.29) is 30.2 Å². The van der Waals surface area contributed by atoms with Gasteiger partial charge in [-0.25, -0.2) is 18.6 Å². The van der Waals surface area contributed by atoms with Crippen LogP contribution < -0.4 is 4.74 Å². The second-order valence-corrected chi connectivity index (χ2v) is 12.8. The van der Waals surface area contributed by atoms with E-state index in [1.165, 1.54) is 18.2 Å². The Labute approximate surface area is 181 Å². The Bertz CT molecular complexity index is 1180. The minimum absolute atomic E-state index is 0.187. The topological polar surface area (TPSA) is 52.8 Å². The van der Waals surface area contributed by atoms with Crippen LogP contribution in [0.3, 0.4) is 0 Å². The first kappa shape index (κ1) is 22.5. The van der Waals surface area contributed by atoms with Gasteiger partial charge in [0, 0.05) is 17.8 Å². The number of carbonyl (C=O) groups excluding carboxylic acids is 1. The van der Waals surface area contributed by atoms with E-state index in [2.05, 4.69) is 36.1 Å². The molecular formula is C23H24F2N2O3Si. The summed E-state index contributed by atoms with van der Waals surface area (Å²) >= 11 is 0. The Balaban J connectivity index is 2.12. The van der Waals surface area contributed by atoms with Crippen LogP contribution in [0.4, 0.5) is 8.78 Å². The largest absolute Gasteiger partial charge is 0.485 e. The molecule has 162 valence electrons. The summed E-state index contributed by atoms with van der Waals surface area (Å²) in [6.45, 7) is 9.63. The van der Waals surface area contributed by atoms with Gasteiger partial charge < -0.3 is 9.47 Å². The smallest absolute Gasteiger partial charge is 0.357 e. The number of fused-ring (bicyclic) bond motifs is 1. The van der Waals surface area contributed by atoms with E-state index in [1.54, 1.807) is 30.5 Å². The fourth-order valence-electron chi connectivity index (χ4n) is 2.93. The SMILES string of the molecule is CCOC(=O)c1c(C)nc2c(OCc3c(F)cccc3F)cc(C#C[Si](C)(C)C)cn12. The lowest BCUT2D eigenvalue weighted by Gasteiger charge is -2.11. The van der Waals surface area contributed by atoms with Gasteiger partial charge in [-0.15, -0.1) is 5.54 Å². The normalized spacial score (nSPS) is 11.2. The highest BCUT2D eigenvalue weighted by Gasteiger charge is 2.21. The quantitative estimate of drug-likeness (QED) is 0.320. The number of aryl methyl sites for hydroxylation is 1. The molecule has 1 aromatic carbocycles. The van der Waals surface area contributed by atoms with Crippen molar-refractivity contribution in [3.05, 3.63) is 64.6 Å². The molecule has 0 aliphatic carbocycles. The van der Waals surface area contributed by atoms with Crippen molar-refractivity contribution in [1.82, 2.24) is 9.38 Å². The van der Waals surface area contributed by atoms with E-state index in [1.807, 2.05) is 0 Å².